The van der Waals surface area contributed by atoms with E-state index in [1.807, 2.05) is 44.2 Å². The predicted molar refractivity (Wildman–Crippen MR) is 122 cm³/mol. The van der Waals surface area contributed by atoms with Crippen LogP contribution < -0.4 is 11.3 Å². The quantitative estimate of drug-likeness (QED) is 0.495. The van der Waals surface area contributed by atoms with E-state index in [0.29, 0.717) is 5.39 Å². The Morgan fingerprint density at radius 1 is 1.00 bits per heavy atom. The summed E-state index contributed by atoms with van der Waals surface area (Å²) >= 11 is 0. The Balaban J connectivity index is 0.00000256. The molecule has 2 aromatic carbocycles. The van der Waals surface area contributed by atoms with E-state index in [1.165, 1.54) is 12.1 Å². The minimum Gasteiger partial charge on any atom is -0.324 e. The van der Waals surface area contributed by atoms with E-state index in [-0.39, 0.29) is 29.8 Å². The summed E-state index contributed by atoms with van der Waals surface area (Å²) in [5.74, 6) is -0.281. The zero-order chi connectivity index (χ0) is 20.7. The molecule has 0 spiro atoms. The minimum absolute atomic E-state index is 0. The molecule has 1 atom stereocenters. The Morgan fingerprint density at radius 3 is 2.27 bits per heavy atom. The average Bonchev–Trinajstić information content (AvgIpc) is 2.71. The maximum absolute atomic E-state index is 13.2. The summed E-state index contributed by atoms with van der Waals surface area (Å²) in [6, 6.07) is 15.8. The molecule has 4 rings (SSSR count). The van der Waals surface area contributed by atoms with Crippen LogP contribution in [0.1, 0.15) is 24.1 Å². The van der Waals surface area contributed by atoms with Gasteiger partial charge in [-0.25, -0.2) is 4.39 Å². The number of aryl methyl sites for hydroxylation is 1. The van der Waals surface area contributed by atoms with Crippen molar-refractivity contribution in [3.8, 4) is 22.5 Å². The van der Waals surface area contributed by atoms with Gasteiger partial charge in [0, 0.05) is 35.8 Å². The Bertz CT molecular complexity index is 1260. The van der Waals surface area contributed by atoms with Crippen LogP contribution in [0.3, 0.4) is 0 Å². The van der Waals surface area contributed by atoms with E-state index in [0.717, 1.165) is 39.0 Å². The van der Waals surface area contributed by atoms with E-state index in [2.05, 4.69) is 4.98 Å². The molecule has 0 bridgehead atoms. The van der Waals surface area contributed by atoms with Crippen LogP contribution in [0.4, 0.5) is 4.39 Å². The number of fused-ring (bicyclic) bond motifs is 1. The summed E-state index contributed by atoms with van der Waals surface area (Å²) in [5, 5.41) is 1.53. The topological polar surface area (TPSA) is 60.9 Å². The van der Waals surface area contributed by atoms with E-state index in [1.54, 1.807) is 29.9 Å². The number of hydrogen-bond donors (Lipinski definition) is 1. The van der Waals surface area contributed by atoms with Crippen molar-refractivity contribution < 1.29 is 4.39 Å². The molecule has 0 aliphatic rings. The maximum atomic E-state index is 13.2. The number of hydrogen-bond acceptors (Lipinski definition) is 3. The van der Waals surface area contributed by atoms with Crippen molar-refractivity contribution in [3.05, 3.63) is 88.1 Å². The summed E-state index contributed by atoms with van der Waals surface area (Å²) in [6.07, 6.45) is 1.74. The lowest BCUT2D eigenvalue weighted by molar-refractivity contribution is 0.628. The summed E-state index contributed by atoms with van der Waals surface area (Å²) < 4.78 is 14.8. The summed E-state index contributed by atoms with van der Waals surface area (Å²) in [5.41, 5.74) is 11.2. The summed E-state index contributed by atoms with van der Waals surface area (Å²) in [4.78, 5) is 17.6. The first-order valence-corrected chi connectivity index (χ1v) is 9.47. The second-order valence-electron chi connectivity index (χ2n) is 7.44. The lowest BCUT2D eigenvalue weighted by atomic mass is 9.96. The van der Waals surface area contributed by atoms with Crippen LogP contribution in [0.2, 0.25) is 0 Å². The molecular weight excluding hydrogens is 401 g/mol. The predicted octanol–water partition coefficient (Wildman–Crippen LogP) is 5.16. The van der Waals surface area contributed by atoms with Crippen molar-refractivity contribution >= 4 is 23.2 Å². The van der Waals surface area contributed by atoms with E-state index in [9.17, 15) is 9.18 Å². The van der Waals surface area contributed by atoms with E-state index >= 15 is 0 Å². The number of pyridine rings is 2. The molecule has 2 aromatic heterocycles. The number of halogens is 2. The fourth-order valence-electron chi connectivity index (χ4n) is 3.68. The van der Waals surface area contributed by atoms with Gasteiger partial charge in [-0.15, -0.1) is 12.4 Å². The Hall–Kier alpha value is -3.02. The normalized spacial score (nSPS) is 11.9. The zero-order valence-corrected chi connectivity index (χ0v) is 17.8. The number of nitrogens with zero attached hydrogens (tertiary/aromatic N) is 2. The van der Waals surface area contributed by atoms with Gasteiger partial charge in [-0.2, -0.15) is 0 Å². The zero-order valence-electron chi connectivity index (χ0n) is 17.0. The van der Waals surface area contributed by atoms with Gasteiger partial charge in [-0.3, -0.25) is 9.78 Å². The third-order valence-corrected chi connectivity index (χ3v) is 5.22. The maximum Gasteiger partial charge on any atom is 0.258 e. The number of rotatable bonds is 3. The second kappa shape index (κ2) is 8.38. The molecule has 0 fully saturated rings. The highest BCUT2D eigenvalue weighted by Crippen LogP contribution is 2.28. The van der Waals surface area contributed by atoms with Crippen molar-refractivity contribution in [2.24, 2.45) is 12.8 Å². The molecule has 0 amide bonds. The summed E-state index contributed by atoms with van der Waals surface area (Å²) in [7, 11) is 1.76. The molecule has 4 nitrogen and oxygen atoms in total. The summed E-state index contributed by atoms with van der Waals surface area (Å²) in [6.45, 7) is 3.89. The first kappa shape index (κ1) is 21.7. The highest BCUT2D eigenvalue weighted by molar-refractivity contribution is 5.89. The molecule has 0 aliphatic carbocycles. The Labute approximate surface area is 180 Å². The second-order valence-corrected chi connectivity index (χ2v) is 7.44. The average molecular weight is 424 g/mol. The first-order valence-electron chi connectivity index (χ1n) is 9.47. The fourth-order valence-corrected chi connectivity index (χ4v) is 3.68. The number of benzene rings is 2. The van der Waals surface area contributed by atoms with Gasteiger partial charge >= 0.3 is 0 Å². The number of nitrogens with two attached hydrogens (primary N) is 1. The number of aromatic nitrogens is 2. The molecular formula is C24H23ClFN3O. The molecule has 154 valence electrons. The highest BCUT2D eigenvalue weighted by Gasteiger charge is 2.14. The molecule has 6 heteroatoms. The van der Waals surface area contributed by atoms with E-state index in [4.69, 9.17) is 5.73 Å². The largest absolute Gasteiger partial charge is 0.324 e. The van der Waals surface area contributed by atoms with Crippen LogP contribution in [0, 0.1) is 12.7 Å². The van der Waals surface area contributed by atoms with Gasteiger partial charge in [0.15, 0.2) is 0 Å². The van der Waals surface area contributed by atoms with Crippen molar-refractivity contribution in [3.63, 3.8) is 0 Å². The van der Waals surface area contributed by atoms with E-state index < -0.39 is 0 Å². The molecule has 0 aliphatic heterocycles. The van der Waals surface area contributed by atoms with Crippen molar-refractivity contribution in [2.45, 2.75) is 19.9 Å². The SMILES string of the molecule is Cc1cc([C@@H](C)N)c2cc(-c3ccc(-c4ccc(F)cc4)nc3)n(C)c(=O)c2c1.Cl. The highest BCUT2D eigenvalue weighted by atomic mass is 35.5. The van der Waals surface area contributed by atoms with Crippen molar-refractivity contribution in [2.75, 3.05) is 0 Å². The van der Waals surface area contributed by atoms with Gasteiger partial charge in [0.05, 0.1) is 11.4 Å². The van der Waals surface area contributed by atoms with Crippen LogP contribution in [0.25, 0.3) is 33.3 Å². The third kappa shape index (κ3) is 3.86. The molecule has 2 heterocycles. The molecule has 2 N–H and O–H groups in total. The first-order chi connectivity index (χ1) is 13.8. The van der Waals surface area contributed by atoms with Gasteiger partial charge in [0.25, 0.3) is 5.56 Å². The third-order valence-electron chi connectivity index (χ3n) is 5.22. The van der Waals surface area contributed by atoms with Crippen LogP contribution in [-0.4, -0.2) is 9.55 Å². The monoisotopic (exact) mass is 423 g/mol. The molecule has 0 radical (unpaired) electrons. The fraction of sp³-hybridized carbons (Fsp3) is 0.167. The van der Waals surface area contributed by atoms with Gasteiger partial charge in [0.2, 0.25) is 0 Å². The van der Waals surface area contributed by atoms with Crippen LogP contribution in [0.15, 0.2) is 65.6 Å². The molecule has 30 heavy (non-hydrogen) atoms. The van der Waals surface area contributed by atoms with Gasteiger partial charge in [0.1, 0.15) is 5.82 Å². The molecule has 0 unspecified atom stereocenters. The lowest BCUT2D eigenvalue weighted by Crippen LogP contribution is -2.20. The molecule has 0 saturated heterocycles. The standard InChI is InChI=1S/C24H22FN3O.ClH/c1-14-10-19(15(2)26)20-12-23(28(3)24(29)21(20)11-14)17-6-9-22(27-13-17)16-4-7-18(25)8-5-16;/h4-13,15H,26H2,1-3H3;1H/t15-;/m1./s1. The Morgan fingerprint density at radius 2 is 1.67 bits per heavy atom. The minimum atomic E-state index is -0.281. The van der Waals surface area contributed by atoms with Gasteiger partial charge in [-0.1, -0.05) is 6.07 Å². The van der Waals surface area contributed by atoms with Crippen LogP contribution >= 0.6 is 12.4 Å². The van der Waals surface area contributed by atoms with Gasteiger partial charge < -0.3 is 10.3 Å². The van der Waals surface area contributed by atoms with Crippen molar-refractivity contribution in [1.29, 1.82) is 0 Å². The molecule has 0 saturated carbocycles. The molecule has 4 aromatic rings. The van der Waals surface area contributed by atoms with Crippen LogP contribution in [-0.2, 0) is 7.05 Å². The van der Waals surface area contributed by atoms with Gasteiger partial charge in [-0.05, 0) is 78.9 Å². The lowest BCUT2D eigenvalue weighted by Gasteiger charge is -2.16. The Kier molecular flexibility index (Phi) is 6.06. The van der Waals surface area contributed by atoms with Crippen molar-refractivity contribution in [1.82, 2.24) is 9.55 Å². The van der Waals surface area contributed by atoms with Crippen LogP contribution in [0.5, 0.6) is 0 Å². The smallest absolute Gasteiger partial charge is 0.258 e.